The highest BCUT2D eigenvalue weighted by atomic mass is 35.5. The van der Waals surface area contributed by atoms with Gasteiger partial charge < -0.3 is 9.80 Å². The van der Waals surface area contributed by atoms with E-state index >= 15 is 0 Å². The minimum absolute atomic E-state index is 0.136. The van der Waals surface area contributed by atoms with E-state index in [1.54, 1.807) is 11.3 Å². The molecule has 2 aromatic carbocycles. The Balaban J connectivity index is 1.39. The molecule has 6 heteroatoms. The second kappa shape index (κ2) is 7.02. The average molecular weight is 372 g/mol. The third-order valence-electron chi connectivity index (χ3n) is 4.49. The van der Waals surface area contributed by atoms with Gasteiger partial charge in [-0.2, -0.15) is 0 Å². The first-order valence-electron chi connectivity index (χ1n) is 8.32. The van der Waals surface area contributed by atoms with Crippen molar-refractivity contribution in [2.24, 2.45) is 0 Å². The van der Waals surface area contributed by atoms with Crippen LogP contribution >= 0.6 is 22.9 Å². The molecule has 0 bridgehead atoms. The zero-order valence-corrected chi connectivity index (χ0v) is 15.3. The molecule has 0 radical (unpaired) electrons. The van der Waals surface area contributed by atoms with Crippen molar-refractivity contribution in [1.82, 2.24) is 9.88 Å². The number of rotatable bonds is 3. The number of hydrogen-bond acceptors (Lipinski definition) is 4. The quantitative estimate of drug-likeness (QED) is 0.701. The number of fused-ring (bicyclic) bond motifs is 1. The van der Waals surface area contributed by atoms with Crippen molar-refractivity contribution in [3.63, 3.8) is 0 Å². The predicted molar refractivity (Wildman–Crippen MR) is 104 cm³/mol. The van der Waals surface area contributed by atoms with Crippen LogP contribution in [0.4, 0.5) is 5.13 Å². The Morgan fingerprint density at radius 1 is 1.04 bits per heavy atom. The van der Waals surface area contributed by atoms with Crippen LogP contribution in [0.25, 0.3) is 10.2 Å². The van der Waals surface area contributed by atoms with Crippen LogP contribution in [-0.2, 0) is 11.2 Å². The van der Waals surface area contributed by atoms with Gasteiger partial charge in [-0.3, -0.25) is 4.79 Å². The van der Waals surface area contributed by atoms with Gasteiger partial charge in [-0.15, -0.1) is 0 Å². The minimum atomic E-state index is 0.136. The summed E-state index contributed by atoms with van der Waals surface area (Å²) in [5, 5.41) is 1.70. The number of benzene rings is 2. The molecular weight excluding hydrogens is 354 g/mol. The van der Waals surface area contributed by atoms with Gasteiger partial charge >= 0.3 is 0 Å². The highest BCUT2D eigenvalue weighted by Crippen LogP contribution is 2.29. The molecule has 1 aromatic heterocycles. The number of nitrogens with zero attached hydrogens (tertiary/aromatic N) is 3. The third-order valence-corrected chi connectivity index (χ3v) is 5.95. The summed E-state index contributed by atoms with van der Waals surface area (Å²) in [7, 11) is 0. The first kappa shape index (κ1) is 16.4. The molecule has 0 spiro atoms. The number of carbonyl (C=O) groups is 1. The molecule has 1 saturated heterocycles. The van der Waals surface area contributed by atoms with Crippen molar-refractivity contribution in [3.05, 3.63) is 59.1 Å². The predicted octanol–water partition coefficient (Wildman–Crippen LogP) is 3.84. The summed E-state index contributed by atoms with van der Waals surface area (Å²) in [6.07, 6.45) is 0.362. The number of piperazine rings is 1. The maximum atomic E-state index is 12.5. The number of halogens is 1. The Bertz CT molecular complexity index is 869. The normalized spacial score (nSPS) is 14.9. The van der Waals surface area contributed by atoms with E-state index in [9.17, 15) is 4.79 Å². The summed E-state index contributed by atoms with van der Waals surface area (Å²) in [5.74, 6) is 0.136. The molecule has 4 nitrogen and oxygen atoms in total. The summed E-state index contributed by atoms with van der Waals surface area (Å²) in [4.78, 5) is 21.4. The van der Waals surface area contributed by atoms with Gasteiger partial charge in [0.25, 0.3) is 0 Å². The number of aromatic nitrogens is 1. The van der Waals surface area contributed by atoms with Crippen LogP contribution < -0.4 is 4.90 Å². The molecule has 1 fully saturated rings. The van der Waals surface area contributed by atoms with Gasteiger partial charge in [-0.1, -0.05) is 53.3 Å². The number of anilines is 1. The van der Waals surface area contributed by atoms with Crippen molar-refractivity contribution in [1.29, 1.82) is 0 Å². The summed E-state index contributed by atoms with van der Waals surface area (Å²) >= 11 is 7.88. The van der Waals surface area contributed by atoms with E-state index in [-0.39, 0.29) is 5.91 Å². The topological polar surface area (TPSA) is 36.4 Å². The molecule has 0 atom stereocenters. The van der Waals surface area contributed by atoms with E-state index in [0.29, 0.717) is 11.4 Å². The molecule has 25 heavy (non-hydrogen) atoms. The smallest absolute Gasteiger partial charge is 0.227 e. The van der Waals surface area contributed by atoms with Crippen LogP contribution in [0.1, 0.15) is 5.56 Å². The maximum absolute atomic E-state index is 12.5. The van der Waals surface area contributed by atoms with Gasteiger partial charge in [0.1, 0.15) is 0 Å². The van der Waals surface area contributed by atoms with Gasteiger partial charge in [0.05, 0.1) is 16.6 Å². The highest BCUT2D eigenvalue weighted by molar-refractivity contribution is 7.22. The van der Waals surface area contributed by atoms with Gasteiger partial charge in [-0.05, 0) is 23.8 Å². The fourth-order valence-electron chi connectivity index (χ4n) is 3.06. The van der Waals surface area contributed by atoms with Crippen LogP contribution in [0.15, 0.2) is 48.5 Å². The number of thiazole rings is 1. The highest BCUT2D eigenvalue weighted by Gasteiger charge is 2.23. The lowest BCUT2D eigenvalue weighted by Crippen LogP contribution is -2.49. The molecule has 0 unspecified atom stereocenters. The van der Waals surface area contributed by atoms with Gasteiger partial charge in [0.15, 0.2) is 5.13 Å². The van der Waals surface area contributed by atoms with Gasteiger partial charge in [0, 0.05) is 31.2 Å². The second-order valence-electron chi connectivity index (χ2n) is 6.10. The van der Waals surface area contributed by atoms with Crippen LogP contribution in [0.5, 0.6) is 0 Å². The lowest BCUT2D eigenvalue weighted by atomic mass is 10.1. The molecule has 0 saturated carbocycles. The van der Waals surface area contributed by atoms with Crippen LogP contribution in [-0.4, -0.2) is 42.0 Å². The standard InChI is InChI=1S/C19H18ClN3OS/c20-15-6-2-1-5-14(15)13-18(24)22-9-11-23(12-10-22)19-21-16-7-3-4-8-17(16)25-19/h1-8H,9-13H2. The second-order valence-corrected chi connectivity index (χ2v) is 7.52. The van der Waals surface area contributed by atoms with Crippen molar-refractivity contribution < 1.29 is 4.79 Å². The summed E-state index contributed by atoms with van der Waals surface area (Å²) in [6, 6.07) is 15.7. The summed E-state index contributed by atoms with van der Waals surface area (Å²) < 4.78 is 1.20. The van der Waals surface area contributed by atoms with Crippen molar-refractivity contribution in [3.8, 4) is 0 Å². The van der Waals surface area contributed by atoms with Crippen molar-refractivity contribution in [2.45, 2.75) is 6.42 Å². The fourth-order valence-corrected chi connectivity index (χ4v) is 4.28. The van der Waals surface area contributed by atoms with Crippen LogP contribution in [0, 0.1) is 0 Å². The van der Waals surface area contributed by atoms with E-state index < -0.39 is 0 Å². The van der Waals surface area contributed by atoms with E-state index in [1.165, 1.54) is 4.70 Å². The number of para-hydroxylation sites is 1. The number of carbonyl (C=O) groups excluding carboxylic acids is 1. The zero-order valence-electron chi connectivity index (χ0n) is 13.7. The molecule has 128 valence electrons. The Labute approximate surface area is 155 Å². The average Bonchev–Trinajstić information content (AvgIpc) is 3.08. The largest absolute Gasteiger partial charge is 0.345 e. The maximum Gasteiger partial charge on any atom is 0.227 e. The lowest BCUT2D eigenvalue weighted by molar-refractivity contribution is -0.130. The molecule has 0 aliphatic carbocycles. The van der Waals surface area contributed by atoms with E-state index in [4.69, 9.17) is 16.6 Å². The first-order chi connectivity index (χ1) is 12.2. The number of hydrogen-bond donors (Lipinski definition) is 0. The lowest BCUT2D eigenvalue weighted by Gasteiger charge is -2.34. The van der Waals surface area contributed by atoms with Gasteiger partial charge in [0.2, 0.25) is 5.91 Å². The molecular formula is C19H18ClN3OS. The minimum Gasteiger partial charge on any atom is -0.345 e. The van der Waals surface area contributed by atoms with E-state index in [1.807, 2.05) is 47.4 Å². The Morgan fingerprint density at radius 3 is 2.52 bits per heavy atom. The summed E-state index contributed by atoms with van der Waals surface area (Å²) in [6.45, 7) is 3.07. The van der Waals surface area contributed by atoms with Crippen molar-refractivity contribution in [2.75, 3.05) is 31.1 Å². The first-order valence-corrected chi connectivity index (χ1v) is 9.52. The number of amides is 1. The zero-order chi connectivity index (χ0) is 17.2. The van der Waals surface area contributed by atoms with Crippen LogP contribution in [0.3, 0.4) is 0 Å². The monoisotopic (exact) mass is 371 g/mol. The van der Waals surface area contributed by atoms with Crippen LogP contribution in [0.2, 0.25) is 5.02 Å². The molecule has 2 heterocycles. The van der Waals surface area contributed by atoms with E-state index in [2.05, 4.69) is 11.0 Å². The molecule has 1 aliphatic heterocycles. The molecule has 1 amide bonds. The third kappa shape index (κ3) is 3.48. The molecule has 1 aliphatic rings. The Kier molecular flexibility index (Phi) is 4.59. The van der Waals surface area contributed by atoms with E-state index in [0.717, 1.165) is 42.4 Å². The molecule has 3 aromatic rings. The summed E-state index contributed by atoms with van der Waals surface area (Å²) in [5.41, 5.74) is 1.93. The van der Waals surface area contributed by atoms with Crippen molar-refractivity contribution >= 4 is 44.2 Å². The molecule has 0 N–H and O–H groups in total. The Hall–Kier alpha value is -2.11. The molecule has 4 rings (SSSR count). The SMILES string of the molecule is O=C(Cc1ccccc1Cl)N1CCN(c2nc3ccccc3s2)CC1. The Morgan fingerprint density at radius 2 is 1.76 bits per heavy atom. The van der Waals surface area contributed by atoms with Gasteiger partial charge in [-0.25, -0.2) is 4.98 Å². The fraction of sp³-hybridized carbons (Fsp3) is 0.263.